The number of benzene rings is 1. The Morgan fingerprint density at radius 1 is 1.21 bits per heavy atom. The van der Waals surface area contributed by atoms with Crippen molar-refractivity contribution in [3.8, 4) is 5.75 Å². The maximum absolute atomic E-state index is 13.6. The number of nitrogens with zero attached hydrogens (tertiary/aromatic N) is 4. The van der Waals surface area contributed by atoms with Crippen molar-refractivity contribution in [2.75, 3.05) is 33.9 Å². The molecule has 1 fully saturated rings. The summed E-state index contributed by atoms with van der Waals surface area (Å²) in [5.41, 5.74) is 2.81. The lowest BCUT2D eigenvalue weighted by Gasteiger charge is -2.41. The number of morpholine rings is 1. The van der Waals surface area contributed by atoms with E-state index in [4.69, 9.17) is 14.5 Å². The van der Waals surface area contributed by atoms with Gasteiger partial charge in [-0.15, -0.1) is 0 Å². The summed E-state index contributed by atoms with van der Waals surface area (Å²) < 4.78 is 24.9. The van der Waals surface area contributed by atoms with Crippen LogP contribution >= 0.6 is 0 Å². The lowest BCUT2D eigenvalue weighted by atomic mass is 10.1. The summed E-state index contributed by atoms with van der Waals surface area (Å²) in [4.78, 5) is 13.4. The van der Waals surface area contributed by atoms with Gasteiger partial charge in [0.05, 0.1) is 25.5 Å². The third kappa shape index (κ3) is 3.76. The van der Waals surface area contributed by atoms with E-state index in [1.54, 1.807) is 25.6 Å². The Kier molecular flexibility index (Phi) is 5.36. The van der Waals surface area contributed by atoms with Crippen molar-refractivity contribution in [1.29, 1.82) is 0 Å². The maximum Gasteiger partial charge on any atom is 0.178 e. The summed E-state index contributed by atoms with van der Waals surface area (Å²) in [6, 6.07) is 8.48. The molecule has 3 heterocycles. The number of hydrogen-bond acceptors (Lipinski definition) is 6. The Bertz CT molecular complexity index is 887. The highest BCUT2D eigenvalue weighted by atomic mass is 19.1. The second-order valence-electron chi connectivity index (χ2n) is 6.82. The molecule has 6 nitrogen and oxygen atoms in total. The van der Waals surface area contributed by atoms with E-state index in [0.717, 1.165) is 23.4 Å². The minimum Gasteiger partial charge on any atom is -0.496 e. The average molecular weight is 382 g/mol. The predicted octanol–water partition coefficient (Wildman–Crippen LogP) is 2.83. The highest BCUT2D eigenvalue weighted by molar-refractivity contribution is 6.08. The minimum atomic E-state index is -0.322. The van der Waals surface area contributed by atoms with Crippen molar-refractivity contribution < 1.29 is 13.9 Å². The van der Waals surface area contributed by atoms with Gasteiger partial charge < -0.3 is 14.4 Å². The molecule has 2 aliphatic rings. The van der Waals surface area contributed by atoms with Gasteiger partial charge in [-0.1, -0.05) is 0 Å². The van der Waals surface area contributed by atoms with E-state index in [-0.39, 0.29) is 18.2 Å². The van der Waals surface area contributed by atoms with Crippen LogP contribution in [0.4, 0.5) is 4.39 Å². The van der Waals surface area contributed by atoms with E-state index < -0.39 is 0 Å². The van der Waals surface area contributed by atoms with Gasteiger partial charge in [-0.25, -0.2) is 9.38 Å². The molecule has 2 atom stereocenters. The number of hydrogen-bond donors (Lipinski definition) is 0. The highest BCUT2D eigenvalue weighted by Gasteiger charge is 2.31. The zero-order chi connectivity index (χ0) is 19.5. The summed E-state index contributed by atoms with van der Waals surface area (Å²) in [5, 5.41) is 0. The average Bonchev–Trinajstić information content (AvgIpc) is 2.74. The van der Waals surface area contributed by atoms with Gasteiger partial charge in [-0.3, -0.25) is 9.88 Å². The van der Waals surface area contributed by atoms with Crippen LogP contribution in [0.25, 0.3) is 0 Å². The number of ether oxygens (including phenoxy) is 2. The van der Waals surface area contributed by atoms with E-state index in [2.05, 4.69) is 14.8 Å². The van der Waals surface area contributed by atoms with Crippen molar-refractivity contribution in [2.24, 2.45) is 4.99 Å². The van der Waals surface area contributed by atoms with Gasteiger partial charge in [0.25, 0.3) is 0 Å². The summed E-state index contributed by atoms with van der Waals surface area (Å²) in [6.45, 7) is 1.97. The highest BCUT2D eigenvalue weighted by Crippen LogP contribution is 2.32. The lowest BCUT2D eigenvalue weighted by Crippen LogP contribution is -2.50. The molecule has 0 amide bonds. The molecule has 1 aromatic carbocycles. The summed E-state index contributed by atoms with van der Waals surface area (Å²) in [6.07, 6.45) is 7.24. The quantitative estimate of drug-likeness (QED) is 0.814. The monoisotopic (exact) mass is 382 g/mol. The number of rotatable bonds is 4. The van der Waals surface area contributed by atoms with E-state index in [1.807, 2.05) is 31.5 Å². The molecule has 1 aromatic heterocycles. The fraction of sp³-hybridized carbons (Fsp3) is 0.333. The predicted molar refractivity (Wildman–Crippen MR) is 105 cm³/mol. The topological polar surface area (TPSA) is 50.2 Å². The van der Waals surface area contributed by atoms with Crippen LogP contribution in [0, 0.1) is 5.82 Å². The third-order valence-corrected chi connectivity index (χ3v) is 5.03. The molecule has 4 rings (SSSR count). The molecule has 2 aromatic rings. The molecule has 146 valence electrons. The molecule has 1 saturated heterocycles. The van der Waals surface area contributed by atoms with Gasteiger partial charge in [0.1, 0.15) is 11.6 Å². The normalized spacial score (nSPS) is 22.8. The van der Waals surface area contributed by atoms with Gasteiger partial charge in [0.15, 0.2) is 6.29 Å². The Morgan fingerprint density at radius 3 is 2.82 bits per heavy atom. The lowest BCUT2D eigenvalue weighted by molar-refractivity contribution is -0.0640. The van der Waals surface area contributed by atoms with Crippen LogP contribution in [0.2, 0.25) is 0 Å². The fourth-order valence-electron chi connectivity index (χ4n) is 3.57. The Hall–Kier alpha value is -2.77. The van der Waals surface area contributed by atoms with Crippen LogP contribution < -0.4 is 4.74 Å². The molecular formula is C21H23FN4O2. The number of aliphatic imine (C=N–C) groups is 1. The van der Waals surface area contributed by atoms with E-state index >= 15 is 0 Å². The van der Waals surface area contributed by atoms with Crippen LogP contribution in [0.1, 0.15) is 17.2 Å². The molecule has 2 aliphatic heterocycles. The molecule has 0 aliphatic carbocycles. The van der Waals surface area contributed by atoms with Crippen molar-refractivity contribution in [1.82, 2.24) is 14.8 Å². The fourth-order valence-corrected chi connectivity index (χ4v) is 3.57. The molecule has 0 saturated carbocycles. The van der Waals surface area contributed by atoms with Crippen LogP contribution in [0.15, 0.2) is 60.0 Å². The van der Waals surface area contributed by atoms with Gasteiger partial charge in [0, 0.05) is 55.9 Å². The van der Waals surface area contributed by atoms with Crippen LogP contribution in [0.5, 0.6) is 5.75 Å². The summed E-state index contributed by atoms with van der Waals surface area (Å²) in [7, 11) is 3.56. The molecule has 0 bridgehead atoms. The number of pyridine rings is 1. The molecule has 7 heteroatoms. The number of allylic oxidation sites excluding steroid dienone is 1. The second-order valence-corrected chi connectivity index (χ2v) is 6.82. The number of aromatic nitrogens is 1. The van der Waals surface area contributed by atoms with E-state index in [0.29, 0.717) is 18.9 Å². The van der Waals surface area contributed by atoms with Crippen molar-refractivity contribution in [3.63, 3.8) is 0 Å². The first-order valence-corrected chi connectivity index (χ1v) is 9.23. The maximum atomic E-state index is 13.6. The van der Waals surface area contributed by atoms with Gasteiger partial charge in [-0.2, -0.15) is 0 Å². The second kappa shape index (κ2) is 8.08. The van der Waals surface area contributed by atoms with Gasteiger partial charge >= 0.3 is 0 Å². The van der Waals surface area contributed by atoms with E-state index in [1.165, 1.54) is 12.1 Å². The molecule has 28 heavy (non-hydrogen) atoms. The Morgan fingerprint density at radius 2 is 2.04 bits per heavy atom. The largest absolute Gasteiger partial charge is 0.496 e. The first kappa shape index (κ1) is 18.6. The first-order chi connectivity index (χ1) is 13.7. The standard InChI is InChI=1S/C21H23FN4O2/c1-25-10-7-18(15-5-8-23-9-6-15)24-21(25)26-11-12-28-20(14-26)17-4-3-16(22)13-19(17)27-2/h3-10,13,20-21H,11-12,14H2,1-2H3/t20?,21-/m1/s1. The number of methoxy groups -OCH3 is 1. The van der Waals surface area contributed by atoms with Crippen molar-refractivity contribution >= 4 is 5.71 Å². The molecule has 0 N–H and O–H groups in total. The van der Waals surface area contributed by atoms with Crippen LogP contribution in [0.3, 0.4) is 0 Å². The summed E-state index contributed by atoms with van der Waals surface area (Å²) >= 11 is 0. The number of halogens is 1. The summed E-state index contributed by atoms with van der Waals surface area (Å²) in [5.74, 6) is 0.182. The van der Waals surface area contributed by atoms with Crippen molar-refractivity contribution in [3.05, 3.63) is 71.9 Å². The van der Waals surface area contributed by atoms with Gasteiger partial charge in [0.2, 0.25) is 0 Å². The first-order valence-electron chi connectivity index (χ1n) is 9.23. The molecule has 0 spiro atoms. The van der Waals surface area contributed by atoms with Crippen LogP contribution in [-0.4, -0.2) is 60.6 Å². The SMILES string of the molecule is COc1cc(F)ccc1C1CN([C@@H]2N=C(c3ccncc3)C=CN2C)CCO1. The Labute approximate surface area is 163 Å². The molecule has 1 unspecified atom stereocenters. The molecular weight excluding hydrogens is 359 g/mol. The Balaban J connectivity index is 1.57. The zero-order valence-corrected chi connectivity index (χ0v) is 16.0. The van der Waals surface area contributed by atoms with Crippen LogP contribution in [-0.2, 0) is 4.74 Å². The van der Waals surface area contributed by atoms with Crippen molar-refractivity contribution in [2.45, 2.75) is 12.4 Å². The smallest absolute Gasteiger partial charge is 0.178 e. The molecule has 0 radical (unpaired) electrons. The van der Waals surface area contributed by atoms with Gasteiger partial charge in [-0.05, 0) is 30.3 Å². The van der Waals surface area contributed by atoms with E-state index in [9.17, 15) is 4.39 Å². The minimum absolute atomic E-state index is 0.133. The zero-order valence-electron chi connectivity index (χ0n) is 16.0. The third-order valence-electron chi connectivity index (χ3n) is 5.03.